The highest BCUT2D eigenvalue weighted by Gasteiger charge is 2.24. The van der Waals surface area contributed by atoms with Crippen LogP contribution in [0.5, 0.6) is 5.88 Å². The number of carbonyl (C=O) groups excluding carboxylic acids is 1. The molecule has 2 aromatic rings. The van der Waals surface area contributed by atoms with Gasteiger partial charge in [0.25, 0.3) is 5.91 Å². The monoisotopic (exact) mass is 360 g/mol. The molecule has 0 atom stereocenters. The summed E-state index contributed by atoms with van der Waals surface area (Å²) in [5, 5.41) is 3.97. The number of carbonyl (C=O) groups is 1. The molecular weight excluding hydrogens is 336 g/mol. The number of hydrogen-bond acceptors (Lipinski definition) is 8. The Labute approximate surface area is 152 Å². The molecule has 1 fully saturated rings. The van der Waals surface area contributed by atoms with E-state index >= 15 is 0 Å². The van der Waals surface area contributed by atoms with Gasteiger partial charge in [-0.3, -0.25) is 4.79 Å². The van der Waals surface area contributed by atoms with Crippen LogP contribution in [0.25, 0.3) is 0 Å². The first-order valence-electron chi connectivity index (χ1n) is 8.67. The molecule has 0 unspecified atom stereocenters. The van der Waals surface area contributed by atoms with Gasteiger partial charge >= 0.3 is 0 Å². The maximum absolute atomic E-state index is 12.7. The number of nitrogens with two attached hydrogens (primary N) is 1. The van der Waals surface area contributed by atoms with Gasteiger partial charge in [-0.25, -0.2) is 0 Å². The molecule has 1 amide bonds. The lowest BCUT2D eigenvalue weighted by Gasteiger charge is -2.22. The molecule has 1 aliphatic rings. The minimum atomic E-state index is -0.133. The summed E-state index contributed by atoms with van der Waals surface area (Å²) in [4.78, 5) is 24.8. The zero-order chi connectivity index (χ0) is 18.7. The van der Waals surface area contributed by atoms with Gasteiger partial charge in [-0.2, -0.15) is 9.97 Å². The molecule has 2 N–H and O–H groups in total. The van der Waals surface area contributed by atoms with E-state index in [4.69, 9.17) is 15.0 Å². The standard InChI is InChI=1S/C17H24N6O3/c1-11(2)12-9-13(26-21-12)16(24)23-6-4-5-22(7-8-23)14-10-15(25-3)20-17(18)19-14/h9-11H,4-8H2,1-3H3,(H2,18,19,20). The van der Waals surface area contributed by atoms with Crippen molar-refractivity contribution in [3.63, 3.8) is 0 Å². The molecule has 2 aromatic heterocycles. The lowest BCUT2D eigenvalue weighted by molar-refractivity contribution is 0.0725. The van der Waals surface area contributed by atoms with Gasteiger partial charge in [0.2, 0.25) is 17.6 Å². The Kier molecular flexibility index (Phi) is 5.24. The Morgan fingerprint density at radius 1 is 1.23 bits per heavy atom. The highest BCUT2D eigenvalue weighted by molar-refractivity contribution is 5.91. The van der Waals surface area contributed by atoms with Crippen molar-refractivity contribution in [3.05, 3.63) is 23.6 Å². The summed E-state index contributed by atoms with van der Waals surface area (Å²) < 4.78 is 10.4. The van der Waals surface area contributed by atoms with Crippen molar-refractivity contribution in [3.8, 4) is 5.88 Å². The number of methoxy groups -OCH3 is 1. The zero-order valence-corrected chi connectivity index (χ0v) is 15.3. The van der Waals surface area contributed by atoms with Crippen LogP contribution < -0.4 is 15.4 Å². The average molecular weight is 360 g/mol. The highest BCUT2D eigenvalue weighted by Crippen LogP contribution is 2.21. The number of amides is 1. The van der Waals surface area contributed by atoms with Crippen molar-refractivity contribution in [1.29, 1.82) is 0 Å². The Morgan fingerprint density at radius 3 is 2.73 bits per heavy atom. The average Bonchev–Trinajstić information content (AvgIpc) is 2.99. The largest absolute Gasteiger partial charge is 0.481 e. The van der Waals surface area contributed by atoms with E-state index in [1.165, 1.54) is 7.11 Å². The van der Waals surface area contributed by atoms with E-state index in [2.05, 4.69) is 20.0 Å². The second kappa shape index (κ2) is 7.59. The number of nitrogen functional groups attached to an aromatic ring is 1. The molecule has 0 radical (unpaired) electrons. The number of nitrogens with zero attached hydrogens (tertiary/aromatic N) is 5. The van der Waals surface area contributed by atoms with Crippen LogP contribution >= 0.6 is 0 Å². The van der Waals surface area contributed by atoms with Crippen LogP contribution in [-0.4, -0.2) is 59.2 Å². The van der Waals surface area contributed by atoms with Crippen LogP contribution in [0, 0.1) is 0 Å². The van der Waals surface area contributed by atoms with Crippen molar-refractivity contribution in [1.82, 2.24) is 20.0 Å². The molecule has 140 valence electrons. The molecule has 9 nitrogen and oxygen atoms in total. The van der Waals surface area contributed by atoms with Crippen molar-refractivity contribution < 1.29 is 14.1 Å². The predicted molar refractivity (Wildman–Crippen MR) is 96.3 cm³/mol. The summed E-state index contributed by atoms with van der Waals surface area (Å²) in [5.41, 5.74) is 6.53. The molecular formula is C17H24N6O3. The Hall–Kier alpha value is -2.84. The van der Waals surface area contributed by atoms with Crippen molar-refractivity contribution in [2.45, 2.75) is 26.2 Å². The normalized spacial score (nSPS) is 15.2. The van der Waals surface area contributed by atoms with Crippen LogP contribution in [0.1, 0.15) is 42.4 Å². The first-order valence-corrected chi connectivity index (χ1v) is 8.67. The molecule has 0 spiro atoms. The molecule has 26 heavy (non-hydrogen) atoms. The summed E-state index contributed by atoms with van der Waals surface area (Å²) >= 11 is 0. The second-order valence-electron chi connectivity index (χ2n) is 6.53. The maximum Gasteiger partial charge on any atom is 0.292 e. The Morgan fingerprint density at radius 2 is 2.04 bits per heavy atom. The van der Waals surface area contributed by atoms with E-state index < -0.39 is 0 Å². The van der Waals surface area contributed by atoms with Gasteiger partial charge in [-0.15, -0.1) is 0 Å². The van der Waals surface area contributed by atoms with Gasteiger partial charge in [0.15, 0.2) is 0 Å². The zero-order valence-electron chi connectivity index (χ0n) is 15.3. The quantitative estimate of drug-likeness (QED) is 0.874. The molecule has 3 heterocycles. The number of hydrogen-bond donors (Lipinski definition) is 1. The van der Waals surface area contributed by atoms with Crippen LogP contribution in [0.4, 0.5) is 11.8 Å². The third-order valence-electron chi connectivity index (χ3n) is 4.35. The molecule has 1 aliphatic heterocycles. The van der Waals surface area contributed by atoms with E-state index in [-0.39, 0.29) is 23.5 Å². The van der Waals surface area contributed by atoms with Crippen molar-refractivity contribution in [2.75, 3.05) is 43.9 Å². The second-order valence-corrected chi connectivity index (χ2v) is 6.53. The van der Waals surface area contributed by atoms with E-state index in [9.17, 15) is 4.79 Å². The lowest BCUT2D eigenvalue weighted by Crippen LogP contribution is -2.35. The van der Waals surface area contributed by atoms with Crippen molar-refractivity contribution >= 4 is 17.7 Å². The van der Waals surface area contributed by atoms with E-state index in [0.29, 0.717) is 31.3 Å². The molecule has 1 saturated heterocycles. The van der Waals surface area contributed by atoms with Gasteiger partial charge in [0.1, 0.15) is 5.82 Å². The fraction of sp³-hybridized carbons (Fsp3) is 0.529. The highest BCUT2D eigenvalue weighted by atomic mass is 16.5. The summed E-state index contributed by atoms with van der Waals surface area (Å²) in [7, 11) is 1.54. The number of aromatic nitrogens is 3. The van der Waals surface area contributed by atoms with E-state index in [1.807, 2.05) is 13.8 Å². The van der Waals surface area contributed by atoms with Crippen molar-refractivity contribution in [2.24, 2.45) is 0 Å². The molecule has 0 saturated carbocycles. The minimum absolute atomic E-state index is 0.133. The van der Waals surface area contributed by atoms with Gasteiger partial charge < -0.3 is 24.8 Å². The smallest absolute Gasteiger partial charge is 0.292 e. The first kappa shape index (κ1) is 18.0. The minimum Gasteiger partial charge on any atom is -0.481 e. The van der Waals surface area contributed by atoms with Gasteiger partial charge in [0.05, 0.1) is 12.8 Å². The van der Waals surface area contributed by atoms with Crippen LogP contribution in [-0.2, 0) is 0 Å². The fourth-order valence-corrected chi connectivity index (χ4v) is 2.86. The molecule has 0 aliphatic carbocycles. The Bertz CT molecular complexity index is 776. The number of anilines is 2. The molecule has 0 aromatic carbocycles. The van der Waals surface area contributed by atoms with E-state index in [1.54, 1.807) is 17.0 Å². The molecule has 9 heteroatoms. The summed E-state index contributed by atoms with van der Waals surface area (Å²) in [5.74, 6) is 1.66. The summed E-state index contributed by atoms with van der Waals surface area (Å²) in [6, 6.07) is 3.48. The summed E-state index contributed by atoms with van der Waals surface area (Å²) in [6.07, 6.45) is 0.809. The fourth-order valence-electron chi connectivity index (χ4n) is 2.86. The number of ether oxygens (including phenoxy) is 1. The third kappa shape index (κ3) is 3.87. The summed E-state index contributed by atoms with van der Waals surface area (Å²) in [6.45, 7) is 6.62. The van der Waals surface area contributed by atoms with Gasteiger partial charge in [-0.1, -0.05) is 19.0 Å². The van der Waals surface area contributed by atoms with Crippen LogP contribution in [0.15, 0.2) is 16.7 Å². The van der Waals surface area contributed by atoms with Crippen LogP contribution in [0.2, 0.25) is 0 Å². The third-order valence-corrected chi connectivity index (χ3v) is 4.35. The van der Waals surface area contributed by atoms with Gasteiger partial charge in [-0.05, 0) is 12.3 Å². The van der Waals surface area contributed by atoms with E-state index in [0.717, 1.165) is 18.7 Å². The first-order chi connectivity index (χ1) is 12.5. The maximum atomic E-state index is 12.7. The topological polar surface area (TPSA) is 111 Å². The number of rotatable bonds is 4. The lowest BCUT2D eigenvalue weighted by atomic mass is 10.1. The molecule has 3 rings (SSSR count). The molecule has 0 bridgehead atoms. The Balaban J connectivity index is 1.69. The SMILES string of the molecule is COc1cc(N2CCCN(C(=O)c3cc(C(C)C)no3)CC2)nc(N)n1. The van der Waals surface area contributed by atoms with Crippen LogP contribution in [0.3, 0.4) is 0 Å². The van der Waals surface area contributed by atoms with Gasteiger partial charge in [0, 0.05) is 38.3 Å². The predicted octanol–water partition coefficient (Wildman–Crippen LogP) is 1.53.